The van der Waals surface area contributed by atoms with Crippen molar-refractivity contribution in [1.82, 2.24) is 14.5 Å². The summed E-state index contributed by atoms with van der Waals surface area (Å²) in [6.07, 6.45) is 7.06. The zero-order valence-electron chi connectivity index (χ0n) is 11.6. The van der Waals surface area contributed by atoms with Gasteiger partial charge in [0.15, 0.2) is 5.65 Å². The first kappa shape index (κ1) is 12.9. The Kier molecular flexibility index (Phi) is 3.25. The quantitative estimate of drug-likeness (QED) is 0.772. The van der Waals surface area contributed by atoms with Gasteiger partial charge in [0.05, 0.1) is 5.88 Å². The maximum absolute atomic E-state index is 6.07. The van der Waals surface area contributed by atoms with Crippen molar-refractivity contribution < 1.29 is 0 Å². The van der Waals surface area contributed by atoms with Crippen LogP contribution in [-0.2, 0) is 12.4 Å². The molecule has 0 unspecified atom stereocenters. The van der Waals surface area contributed by atoms with Gasteiger partial charge in [0.25, 0.3) is 0 Å². The number of imidazole rings is 1. The molecule has 0 amide bonds. The lowest BCUT2D eigenvalue weighted by atomic mass is 10.0. The molecule has 19 heavy (non-hydrogen) atoms. The molecular formula is C15H20ClN3. The summed E-state index contributed by atoms with van der Waals surface area (Å²) < 4.78 is 2.25. The number of aryl methyl sites for hydroxylation is 1. The van der Waals surface area contributed by atoms with Gasteiger partial charge in [-0.2, -0.15) is 0 Å². The summed E-state index contributed by atoms with van der Waals surface area (Å²) in [6, 6.07) is 2.01. The van der Waals surface area contributed by atoms with E-state index < -0.39 is 0 Å². The zero-order chi connectivity index (χ0) is 13.5. The molecule has 102 valence electrons. The van der Waals surface area contributed by atoms with Gasteiger partial charge in [-0.1, -0.05) is 13.3 Å². The summed E-state index contributed by atoms with van der Waals surface area (Å²) >= 11 is 6.07. The molecule has 2 aromatic heterocycles. The molecule has 3 nitrogen and oxygen atoms in total. The molecule has 0 bridgehead atoms. The lowest BCUT2D eigenvalue weighted by Gasteiger charge is -2.16. The fourth-order valence-electron chi connectivity index (χ4n) is 2.98. The summed E-state index contributed by atoms with van der Waals surface area (Å²) in [5.41, 5.74) is 3.66. The topological polar surface area (TPSA) is 30.7 Å². The molecule has 0 spiro atoms. The molecule has 0 radical (unpaired) electrons. The second kappa shape index (κ2) is 4.78. The van der Waals surface area contributed by atoms with Crippen molar-refractivity contribution in [2.45, 2.75) is 52.0 Å². The van der Waals surface area contributed by atoms with Crippen LogP contribution in [0.15, 0.2) is 12.3 Å². The Morgan fingerprint density at radius 2 is 2.21 bits per heavy atom. The van der Waals surface area contributed by atoms with Crippen LogP contribution in [0, 0.1) is 12.3 Å². The predicted octanol–water partition coefficient (Wildman–Crippen LogP) is 4.06. The first-order valence-electron chi connectivity index (χ1n) is 7.06. The standard InChI is InChI=1S/C15H20ClN3/c1-3-5-15(6-7-15)10-19-12(9-16)18-13-11(2)4-8-17-14(13)19/h4,8H,3,5-7,9-10H2,1-2H3. The van der Waals surface area contributed by atoms with E-state index in [1.807, 2.05) is 12.3 Å². The third-order valence-corrected chi connectivity index (χ3v) is 4.50. The highest BCUT2D eigenvalue weighted by Crippen LogP contribution is 2.51. The maximum Gasteiger partial charge on any atom is 0.160 e. The highest BCUT2D eigenvalue weighted by molar-refractivity contribution is 6.16. The predicted molar refractivity (Wildman–Crippen MR) is 78.4 cm³/mol. The molecule has 3 rings (SSSR count). The number of pyridine rings is 1. The van der Waals surface area contributed by atoms with Gasteiger partial charge < -0.3 is 4.57 Å². The van der Waals surface area contributed by atoms with E-state index in [0.717, 1.165) is 23.5 Å². The molecule has 0 N–H and O–H groups in total. The highest BCUT2D eigenvalue weighted by Gasteiger charge is 2.42. The van der Waals surface area contributed by atoms with Crippen LogP contribution in [-0.4, -0.2) is 14.5 Å². The average molecular weight is 278 g/mol. The number of alkyl halides is 1. The summed E-state index contributed by atoms with van der Waals surface area (Å²) in [5.74, 6) is 1.42. The van der Waals surface area contributed by atoms with Crippen LogP contribution in [0.25, 0.3) is 11.2 Å². The Hall–Kier alpha value is -1.09. The van der Waals surface area contributed by atoms with Gasteiger partial charge in [-0.3, -0.25) is 0 Å². The van der Waals surface area contributed by atoms with Crippen molar-refractivity contribution in [3.8, 4) is 0 Å². The molecule has 0 aliphatic heterocycles. The van der Waals surface area contributed by atoms with Crippen LogP contribution in [0.1, 0.15) is 44.0 Å². The maximum atomic E-state index is 6.07. The smallest absolute Gasteiger partial charge is 0.160 e. The Morgan fingerprint density at radius 3 is 2.84 bits per heavy atom. The number of fused-ring (bicyclic) bond motifs is 1. The first-order valence-corrected chi connectivity index (χ1v) is 7.59. The minimum Gasteiger partial charge on any atom is -0.311 e. The molecule has 1 aliphatic rings. The number of hydrogen-bond acceptors (Lipinski definition) is 2. The molecule has 4 heteroatoms. The minimum absolute atomic E-state index is 0.456. The van der Waals surface area contributed by atoms with E-state index in [1.54, 1.807) is 0 Å². The van der Waals surface area contributed by atoms with E-state index in [2.05, 4.69) is 28.4 Å². The van der Waals surface area contributed by atoms with Crippen molar-refractivity contribution in [3.05, 3.63) is 23.7 Å². The van der Waals surface area contributed by atoms with E-state index in [4.69, 9.17) is 11.6 Å². The van der Waals surface area contributed by atoms with Crippen LogP contribution in [0.3, 0.4) is 0 Å². The third-order valence-electron chi connectivity index (χ3n) is 4.27. The number of hydrogen-bond donors (Lipinski definition) is 0. The lowest BCUT2D eigenvalue weighted by Crippen LogP contribution is -2.14. The normalized spacial score (nSPS) is 17.0. The van der Waals surface area contributed by atoms with E-state index >= 15 is 0 Å². The van der Waals surface area contributed by atoms with Gasteiger partial charge in [-0.25, -0.2) is 9.97 Å². The molecule has 1 saturated carbocycles. The fraction of sp³-hybridized carbons (Fsp3) is 0.600. The van der Waals surface area contributed by atoms with Crippen molar-refractivity contribution in [1.29, 1.82) is 0 Å². The van der Waals surface area contributed by atoms with Crippen molar-refractivity contribution in [3.63, 3.8) is 0 Å². The molecule has 2 heterocycles. The second-order valence-electron chi connectivity index (χ2n) is 5.80. The van der Waals surface area contributed by atoms with Gasteiger partial charge in [0.1, 0.15) is 11.3 Å². The van der Waals surface area contributed by atoms with E-state index in [0.29, 0.717) is 11.3 Å². The fourth-order valence-corrected chi connectivity index (χ4v) is 3.19. The first-order chi connectivity index (χ1) is 9.19. The number of nitrogens with zero attached hydrogens (tertiary/aromatic N) is 3. The van der Waals surface area contributed by atoms with Crippen LogP contribution in [0.4, 0.5) is 0 Å². The van der Waals surface area contributed by atoms with Crippen molar-refractivity contribution in [2.75, 3.05) is 0 Å². The Bertz CT molecular complexity index is 599. The Labute approximate surface area is 119 Å². The van der Waals surface area contributed by atoms with E-state index in [9.17, 15) is 0 Å². The largest absolute Gasteiger partial charge is 0.311 e. The second-order valence-corrected chi connectivity index (χ2v) is 6.07. The van der Waals surface area contributed by atoms with Gasteiger partial charge in [0.2, 0.25) is 0 Å². The summed E-state index contributed by atoms with van der Waals surface area (Å²) in [5, 5.41) is 0. The van der Waals surface area contributed by atoms with Crippen molar-refractivity contribution in [2.24, 2.45) is 5.41 Å². The molecule has 2 aromatic rings. The highest BCUT2D eigenvalue weighted by atomic mass is 35.5. The van der Waals surface area contributed by atoms with Crippen LogP contribution in [0.5, 0.6) is 0 Å². The average Bonchev–Trinajstić information content (AvgIpc) is 3.06. The number of aromatic nitrogens is 3. The molecule has 1 aliphatic carbocycles. The SMILES string of the molecule is CCCC1(Cn2c(CCl)nc3c(C)ccnc32)CC1. The Balaban J connectivity index is 2.04. The van der Waals surface area contributed by atoms with Gasteiger partial charge >= 0.3 is 0 Å². The minimum atomic E-state index is 0.456. The van der Waals surface area contributed by atoms with Gasteiger partial charge in [-0.05, 0) is 43.2 Å². The summed E-state index contributed by atoms with van der Waals surface area (Å²) in [7, 11) is 0. The number of rotatable bonds is 5. The van der Waals surface area contributed by atoms with Crippen molar-refractivity contribution >= 4 is 22.8 Å². The molecule has 0 saturated heterocycles. The Morgan fingerprint density at radius 1 is 1.42 bits per heavy atom. The summed E-state index contributed by atoms with van der Waals surface area (Å²) in [4.78, 5) is 9.20. The van der Waals surface area contributed by atoms with Gasteiger partial charge in [-0.15, -0.1) is 11.6 Å². The van der Waals surface area contributed by atoms with Crippen LogP contribution < -0.4 is 0 Å². The van der Waals surface area contributed by atoms with Crippen LogP contribution in [0.2, 0.25) is 0 Å². The lowest BCUT2D eigenvalue weighted by molar-refractivity contribution is 0.388. The molecule has 0 aromatic carbocycles. The molecular weight excluding hydrogens is 258 g/mol. The molecule has 1 fully saturated rings. The van der Waals surface area contributed by atoms with E-state index in [1.165, 1.54) is 31.2 Å². The monoisotopic (exact) mass is 277 g/mol. The third kappa shape index (κ3) is 2.25. The van der Waals surface area contributed by atoms with E-state index in [-0.39, 0.29) is 0 Å². The zero-order valence-corrected chi connectivity index (χ0v) is 12.4. The molecule has 0 atom stereocenters. The number of halogens is 1. The summed E-state index contributed by atoms with van der Waals surface area (Å²) in [6.45, 7) is 5.37. The van der Waals surface area contributed by atoms with Gasteiger partial charge in [0, 0.05) is 12.7 Å². The van der Waals surface area contributed by atoms with Crippen LogP contribution >= 0.6 is 11.6 Å².